The highest BCUT2D eigenvalue weighted by Crippen LogP contribution is 2.46. The van der Waals surface area contributed by atoms with Gasteiger partial charge in [0.15, 0.2) is 0 Å². The van der Waals surface area contributed by atoms with Crippen LogP contribution in [0.1, 0.15) is 31.2 Å². The second-order valence-electron chi connectivity index (χ2n) is 5.40. The molecule has 3 rings (SSSR count). The molecular weight excluding hydrogens is 264 g/mol. The van der Waals surface area contributed by atoms with Gasteiger partial charge < -0.3 is 11.1 Å². The zero-order chi connectivity index (χ0) is 12.7. The highest BCUT2D eigenvalue weighted by molar-refractivity contribution is 7.80. The minimum absolute atomic E-state index is 0.393. The van der Waals surface area contributed by atoms with E-state index < -0.39 is 0 Å². The maximum absolute atomic E-state index is 6.29. The molecule has 0 heterocycles. The lowest BCUT2D eigenvalue weighted by Crippen LogP contribution is -2.24. The number of nitrogens with two attached hydrogens (primary N) is 1. The normalized spacial score (nSPS) is 19.0. The van der Waals surface area contributed by atoms with Crippen LogP contribution in [-0.4, -0.2) is 11.0 Å². The molecule has 0 atom stereocenters. The molecular formula is C14H17ClN2S. The Hall–Kier alpha value is -0.800. The van der Waals surface area contributed by atoms with E-state index in [4.69, 9.17) is 29.6 Å². The molecule has 0 unspecified atom stereocenters. The van der Waals surface area contributed by atoms with E-state index in [9.17, 15) is 0 Å². The fourth-order valence-electron chi connectivity index (χ4n) is 2.50. The monoisotopic (exact) mass is 280 g/mol. The molecule has 0 radical (unpaired) electrons. The van der Waals surface area contributed by atoms with Crippen LogP contribution < -0.4 is 11.1 Å². The van der Waals surface area contributed by atoms with Gasteiger partial charge in [-0.3, -0.25) is 0 Å². The van der Waals surface area contributed by atoms with Gasteiger partial charge in [-0.15, -0.1) is 0 Å². The van der Waals surface area contributed by atoms with Gasteiger partial charge in [0, 0.05) is 11.6 Å². The molecule has 0 aliphatic heterocycles. The van der Waals surface area contributed by atoms with E-state index in [-0.39, 0.29) is 0 Å². The molecule has 2 aliphatic rings. The van der Waals surface area contributed by atoms with Crippen molar-refractivity contribution in [2.45, 2.75) is 31.7 Å². The van der Waals surface area contributed by atoms with Crippen LogP contribution in [0, 0.1) is 11.8 Å². The van der Waals surface area contributed by atoms with Gasteiger partial charge in [0.05, 0.1) is 10.7 Å². The summed E-state index contributed by atoms with van der Waals surface area (Å²) >= 11 is 11.2. The van der Waals surface area contributed by atoms with E-state index in [1.165, 1.54) is 25.7 Å². The van der Waals surface area contributed by atoms with E-state index in [1.807, 2.05) is 18.2 Å². The number of hydrogen-bond donors (Lipinski definition) is 2. The maximum atomic E-state index is 6.29. The van der Waals surface area contributed by atoms with Gasteiger partial charge in [0.25, 0.3) is 0 Å². The number of benzene rings is 1. The SMILES string of the molecule is NC(=S)c1ccc(NC(C2CC2)C2CC2)c(Cl)c1. The molecule has 0 aromatic heterocycles. The van der Waals surface area contributed by atoms with E-state index in [1.54, 1.807) is 0 Å². The Balaban J connectivity index is 1.77. The fraction of sp³-hybridized carbons (Fsp3) is 0.500. The van der Waals surface area contributed by atoms with E-state index in [0.29, 0.717) is 16.1 Å². The zero-order valence-corrected chi connectivity index (χ0v) is 11.7. The average Bonchev–Trinajstić information content (AvgIpc) is 3.19. The molecule has 2 nitrogen and oxygen atoms in total. The molecule has 0 saturated heterocycles. The van der Waals surface area contributed by atoms with Gasteiger partial charge in [-0.2, -0.15) is 0 Å². The van der Waals surface area contributed by atoms with Crippen molar-refractivity contribution in [2.24, 2.45) is 17.6 Å². The topological polar surface area (TPSA) is 38.0 Å². The fourth-order valence-corrected chi connectivity index (χ4v) is 2.86. The van der Waals surface area contributed by atoms with Crippen LogP contribution in [0.4, 0.5) is 5.69 Å². The summed E-state index contributed by atoms with van der Waals surface area (Å²) < 4.78 is 0. The summed E-state index contributed by atoms with van der Waals surface area (Å²) in [5.41, 5.74) is 7.45. The van der Waals surface area contributed by atoms with Crippen molar-refractivity contribution in [2.75, 3.05) is 5.32 Å². The Morgan fingerprint density at radius 3 is 2.33 bits per heavy atom. The van der Waals surface area contributed by atoms with Crippen LogP contribution in [-0.2, 0) is 0 Å². The average molecular weight is 281 g/mol. The molecule has 96 valence electrons. The van der Waals surface area contributed by atoms with Crippen molar-refractivity contribution in [3.8, 4) is 0 Å². The maximum Gasteiger partial charge on any atom is 0.104 e. The van der Waals surface area contributed by atoms with Crippen molar-refractivity contribution in [3.63, 3.8) is 0 Å². The predicted octanol–water partition coefficient (Wildman–Crippen LogP) is 3.57. The van der Waals surface area contributed by atoms with Crippen LogP contribution in [0.25, 0.3) is 0 Å². The summed E-state index contributed by atoms with van der Waals surface area (Å²) in [4.78, 5) is 0.393. The van der Waals surface area contributed by atoms with Crippen LogP contribution in [0.5, 0.6) is 0 Å². The van der Waals surface area contributed by atoms with Crippen molar-refractivity contribution in [1.82, 2.24) is 0 Å². The molecule has 4 heteroatoms. The smallest absolute Gasteiger partial charge is 0.104 e. The highest BCUT2D eigenvalue weighted by Gasteiger charge is 2.41. The standard InChI is InChI=1S/C14H17ClN2S/c15-11-7-10(14(16)18)5-6-12(11)17-13(8-1-2-8)9-3-4-9/h5-9,13,17H,1-4H2,(H2,16,18). The highest BCUT2D eigenvalue weighted by atomic mass is 35.5. The summed E-state index contributed by atoms with van der Waals surface area (Å²) in [6, 6.07) is 6.39. The summed E-state index contributed by atoms with van der Waals surface area (Å²) in [7, 11) is 0. The number of hydrogen-bond acceptors (Lipinski definition) is 2. The minimum atomic E-state index is 0.393. The quantitative estimate of drug-likeness (QED) is 0.810. The lowest BCUT2D eigenvalue weighted by molar-refractivity contribution is 0.568. The molecule has 1 aromatic rings. The third kappa shape index (κ3) is 2.62. The largest absolute Gasteiger partial charge is 0.389 e. The Morgan fingerprint density at radius 2 is 1.89 bits per heavy atom. The van der Waals surface area contributed by atoms with Crippen molar-refractivity contribution < 1.29 is 0 Å². The summed E-state index contributed by atoms with van der Waals surface area (Å²) in [5, 5.41) is 4.34. The molecule has 1 aromatic carbocycles. The molecule has 0 bridgehead atoms. The summed E-state index contributed by atoms with van der Waals surface area (Å²) in [6.45, 7) is 0. The van der Waals surface area contributed by atoms with Crippen molar-refractivity contribution >= 4 is 34.5 Å². The second kappa shape index (κ2) is 4.71. The van der Waals surface area contributed by atoms with Gasteiger partial charge in [-0.05, 0) is 55.7 Å². The molecule has 2 fully saturated rings. The van der Waals surface area contributed by atoms with Crippen LogP contribution >= 0.6 is 23.8 Å². The van der Waals surface area contributed by atoms with E-state index in [0.717, 1.165) is 23.1 Å². The number of halogens is 1. The molecule has 3 N–H and O–H groups in total. The Kier molecular flexibility index (Phi) is 3.20. The van der Waals surface area contributed by atoms with Gasteiger partial charge in [-0.25, -0.2) is 0 Å². The van der Waals surface area contributed by atoms with Gasteiger partial charge in [0.2, 0.25) is 0 Å². The first-order chi connectivity index (χ1) is 8.65. The first-order valence-corrected chi connectivity index (χ1v) is 7.29. The third-order valence-corrected chi connectivity index (χ3v) is 4.38. The number of nitrogens with one attached hydrogen (secondary N) is 1. The van der Waals surface area contributed by atoms with Gasteiger partial charge in [-0.1, -0.05) is 23.8 Å². The lowest BCUT2D eigenvalue weighted by atomic mass is 10.1. The van der Waals surface area contributed by atoms with Crippen LogP contribution in [0.15, 0.2) is 18.2 Å². The van der Waals surface area contributed by atoms with Gasteiger partial charge >= 0.3 is 0 Å². The Morgan fingerprint density at radius 1 is 1.28 bits per heavy atom. The van der Waals surface area contributed by atoms with Gasteiger partial charge in [0.1, 0.15) is 4.99 Å². The van der Waals surface area contributed by atoms with E-state index >= 15 is 0 Å². The predicted molar refractivity (Wildman–Crippen MR) is 80.2 cm³/mol. The number of thiocarbonyl (C=S) groups is 1. The molecule has 2 aliphatic carbocycles. The minimum Gasteiger partial charge on any atom is -0.389 e. The lowest BCUT2D eigenvalue weighted by Gasteiger charge is -2.20. The first kappa shape index (κ1) is 12.2. The summed E-state index contributed by atoms with van der Waals surface area (Å²) in [6.07, 6.45) is 5.43. The van der Waals surface area contributed by atoms with E-state index in [2.05, 4.69) is 5.32 Å². The molecule has 0 spiro atoms. The van der Waals surface area contributed by atoms with Crippen molar-refractivity contribution in [3.05, 3.63) is 28.8 Å². The molecule has 0 amide bonds. The number of anilines is 1. The zero-order valence-electron chi connectivity index (χ0n) is 10.2. The van der Waals surface area contributed by atoms with Crippen LogP contribution in [0.3, 0.4) is 0 Å². The van der Waals surface area contributed by atoms with Crippen LogP contribution in [0.2, 0.25) is 5.02 Å². The number of rotatable bonds is 5. The Bertz CT molecular complexity index is 469. The summed E-state index contributed by atoms with van der Waals surface area (Å²) in [5.74, 6) is 1.70. The second-order valence-corrected chi connectivity index (χ2v) is 6.25. The molecule has 18 heavy (non-hydrogen) atoms. The van der Waals surface area contributed by atoms with Crippen molar-refractivity contribution in [1.29, 1.82) is 0 Å². The third-order valence-electron chi connectivity index (χ3n) is 3.84. The molecule has 2 saturated carbocycles. The first-order valence-electron chi connectivity index (χ1n) is 6.51. The Labute approximate surface area is 118 Å².